The molecule has 0 spiro atoms. The number of hydrogen-bond acceptors (Lipinski definition) is 3. The largest absolute Gasteiger partial charge is 0.496 e. The lowest BCUT2D eigenvalue weighted by Gasteiger charge is -2.18. The molecule has 0 bridgehead atoms. The lowest BCUT2D eigenvalue weighted by atomic mass is 9.88. The van der Waals surface area contributed by atoms with Crippen LogP contribution in [0.15, 0.2) is 77.5 Å². The van der Waals surface area contributed by atoms with E-state index < -0.39 is 0 Å². The summed E-state index contributed by atoms with van der Waals surface area (Å²) < 4.78 is 10.9. The molecule has 0 aliphatic carbocycles. The molecule has 5 nitrogen and oxygen atoms in total. The number of ether oxygens (including phenoxy) is 1. The van der Waals surface area contributed by atoms with Crippen molar-refractivity contribution in [3.05, 3.63) is 90.0 Å². The summed E-state index contributed by atoms with van der Waals surface area (Å²) in [6.45, 7) is 0.380. The third-order valence-corrected chi connectivity index (χ3v) is 4.92. The molecule has 1 amide bonds. The Morgan fingerprint density at radius 1 is 1.11 bits per heavy atom. The molecule has 0 fully saturated rings. The van der Waals surface area contributed by atoms with E-state index in [1.165, 1.54) is 0 Å². The Balaban J connectivity index is 1.66. The van der Waals surface area contributed by atoms with Gasteiger partial charge in [0, 0.05) is 29.4 Å². The second-order valence-corrected chi connectivity index (χ2v) is 6.65. The number of amides is 1. The molecule has 2 aromatic heterocycles. The van der Waals surface area contributed by atoms with Gasteiger partial charge in [0.05, 0.1) is 19.9 Å². The topological polar surface area (TPSA) is 67.3 Å². The van der Waals surface area contributed by atoms with E-state index in [0.717, 1.165) is 33.5 Å². The third-order valence-electron chi connectivity index (χ3n) is 4.92. The van der Waals surface area contributed by atoms with Gasteiger partial charge in [0.1, 0.15) is 11.5 Å². The summed E-state index contributed by atoms with van der Waals surface area (Å²) in [5, 5.41) is 3.96. The summed E-state index contributed by atoms with van der Waals surface area (Å²) in [6, 6.07) is 19.6. The number of nitrogens with one attached hydrogen (secondary N) is 2. The summed E-state index contributed by atoms with van der Waals surface area (Å²) in [5.41, 5.74) is 3.13. The highest BCUT2D eigenvalue weighted by Crippen LogP contribution is 2.37. The monoisotopic (exact) mass is 374 g/mol. The zero-order valence-corrected chi connectivity index (χ0v) is 15.6. The van der Waals surface area contributed by atoms with Crippen LogP contribution < -0.4 is 10.1 Å². The van der Waals surface area contributed by atoms with Crippen molar-refractivity contribution < 1.29 is 13.9 Å². The van der Waals surface area contributed by atoms with Gasteiger partial charge in [0.25, 0.3) is 0 Å². The summed E-state index contributed by atoms with van der Waals surface area (Å²) in [6.07, 6.45) is 3.91. The molecule has 0 unspecified atom stereocenters. The molecule has 2 heterocycles. The van der Waals surface area contributed by atoms with E-state index in [0.29, 0.717) is 13.0 Å². The molecule has 2 N–H and O–H groups in total. The van der Waals surface area contributed by atoms with E-state index in [9.17, 15) is 4.79 Å². The van der Waals surface area contributed by atoms with Crippen molar-refractivity contribution in [3.8, 4) is 5.75 Å². The number of hydrogen-bond donors (Lipinski definition) is 2. The lowest BCUT2D eigenvalue weighted by molar-refractivity contribution is -0.121. The smallest absolute Gasteiger partial charge is 0.221 e. The van der Waals surface area contributed by atoms with Crippen molar-refractivity contribution in [1.29, 1.82) is 0 Å². The molecule has 0 aliphatic heterocycles. The van der Waals surface area contributed by atoms with Gasteiger partial charge in [-0.2, -0.15) is 0 Å². The van der Waals surface area contributed by atoms with Crippen LogP contribution in [-0.2, 0) is 11.3 Å². The maximum absolute atomic E-state index is 12.7. The molecule has 1 atom stereocenters. The molecule has 0 radical (unpaired) electrons. The molecule has 142 valence electrons. The Bertz CT molecular complexity index is 1050. The maximum Gasteiger partial charge on any atom is 0.221 e. The number of methoxy groups -OCH3 is 1. The number of H-pyrrole nitrogens is 1. The van der Waals surface area contributed by atoms with Crippen LogP contribution in [-0.4, -0.2) is 18.0 Å². The first-order valence-corrected chi connectivity index (χ1v) is 9.24. The highest BCUT2D eigenvalue weighted by atomic mass is 16.5. The molecule has 4 aromatic rings. The Hall–Kier alpha value is -3.47. The Kier molecular flexibility index (Phi) is 5.15. The molecule has 0 saturated carbocycles. The second-order valence-electron chi connectivity index (χ2n) is 6.65. The zero-order valence-electron chi connectivity index (χ0n) is 15.6. The summed E-state index contributed by atoms with van der Waals surface area (Å²) in [5.74, 6) is 1.40. The van der Waals surface area contributed by atoms with Crippen LogP contribution in [0.3, 0.4) is 0 Å². The average Bonchev–Trinajstić information content (AvgIpc) is 3.41. The minimum atomic E-state index is -0.0946. The molecule has 0 aliphatic rings. The third kappa shape index (κ3) is 3.64. The van der Waals surface area contributed by atoms with Gasteiger partial charge in [-0.05, 0) is 35.4 Å². The van der Waals surface area contributed by atoms with Crippen LogP contribution in [0, 0.1) is 0 Å². The predicted octanol–water partition coefficient (Wildman–Crippen LogP) is 4.61. The van der Waals surface area contributed by atoms with Gasteiger partial charge in [-0.25, -0.2) is 0 Å². The highest BCUT2D eigenvalue weighted by molar-refractivity contribution is 5.91. The number of aromatic amines is 1. The Morgan fingerprint density at radius 2 is 1.96 bits per heavy atom. The zero-order chi connectivity index (χ0) is 19.3. The Labute approximate surface area is 163 Å². The minimum absolute atomic E-state index is 0.0329. The van der Waals surface area contributed by atoms with Gasteiger partial charge in [-0.1, -0.05) is 36.4 Å². The van der Waals surface area contributed by atoms with E-state index in [-0.39, 0.29) is 11.8 Å². The van der Waals surface area contributed by atoms with E-state index in [1.807, 2.05) is 54.7 Å². The summed E-state index contributed by atoms with van der Waals surface area (Å²) >= 11 is 0. The van der Waals surface area contributed by atoms with Crippen molar-refractivity contribution in [3.63, 3.8) is 0 Å². The van der Waals surface area contributed by atoms with Crippen molar-refractivity contribution in [2.75, 3.05) is 7.11 Å². The normalized spacial score (nSPS) is 12.0. The lowest BCUT2D eigenvalue weighted by Crippen LogP contribution is -2.24. The van der Waals surface area contributed by atoms with Gasteiger partial charge in [-0.15, -0.1) is 0 Å². The van der Waals surface area contributed by atoms with Crippen molar-refractivity contribution in [1.82, 2.24) is 10.3 Å². The first-order valence-electron chi connectivity index (χ1n) is 9.24. The fourth-order valence-electron chi connectivity index (χ4n) is 3.57. The maximum atomic E-state index is 12.7. The first kappa shape index (κ1) is 17.9. The summed E-state index contributed by atoms with van der Waals surface area (Å²) in [7, 11) is 1.67. The highest BCUT2D eigenvalue weighted by Gasteiger charge is 2.23. The van der Waals surface area contributed by atoms with Crippen LogP contribution in [0.4, 0.5) is 0 Å². The fraction of sp³-hybridized carbons (Fsp3) is 0.174. The van der Waals surface area contributed by atoms with Crippen LogP contribution in [0.1, 0.15) is 29.2 Å². The van der Waals surface area contributed by atoms with Crippen molar-refractivity contribution in [2.45, 2.75) is 18.9 Å². The van der Waals surface area contributed by atoms with Crippen LogP contribution in [0.2, 0.25) is 0 Å². The van der Waals surface area contributed by atoms with Gasteiger partial charge in [0.15, 0.2) is 0 Å². The van der Waals surface area contributed by atoms with E-state index in [4.69, 9.17) is 9.15 Å². The van der Waals surface area contributed by atoms with E-state index in [1.54, 1.807) is 13.4 Å². The minimum Gasteiger partial charge on any atom is -0.496 e. The molecule has 4 rings (SSSR count). The predicted molar refractivity (Wildman–Crippen MR) is 108 cm³/mol. The van der Waals surface area contributed by atoms with Crippen LogP contribution in [0.5, 0.6) is 5.75 Å². The van der Waals surface area contributed by atoms with Crippen molar-refractivity contribution >= 4 is 16.8 Å². The molecule has 5 heteroatoms. The number of fused-ring (bicyclic) bond motifs is 1. The van der Waals surface area contributed by atoms with Crippen LogP contribution in [0.25, 0.3) is 10.9 Å². The first-order chi connectivity index (χ1) is 13.8. The molecular formula is C23H22N2O3. The number of aromatic nitrogens is 1. The fourth-order valence-corrected chi connectivity index (χ4v) is 3.57. The Morgan fingerprint density at radius 3 is 2.71 bits per heavy atom. The molecule has 0 saturated heterocycles. The second kappa shape index (κ2) is 8.05. The van der Waals surface area contributed by atoms with Gasteiger partial charge >= 0.3 is 0 Å². The van der Waals surface area contributed by atoms with Gasteiger partial charge in [-0.3, -0.25) is 4.79 Å². The number of carbonyl (C=O) groups is 1. The SMILES string of the molecule is COc1cccc2[nH]cc([C@H](CC(=O)NCc3ccco3)c3ccccc3)c12. The number of benzene rings is 2. The summed E-state index contributed by atoms with van der Waals surface area (Å²) in [4.78, 5) is 16.0. The van der Waals surface area contributed by atoms with Gasteiger partial charge in [0.2, 0.25) is 5.91 Å². The molecule has 28 heavy (non-hydrogen) atoms. The van der Waals surface area contributed by atoms with E-state index >= 15 is 0 Å². The molecular weight excluding hydrogens is 352 g/mol. The quantitative estimate of drug-likeness (QED) is 0.496. The van der Waals surface area contributed by atoms with Crippen LogP contribution >= 0.6 is 0 Å². The van der Waals surface area contributed by atoms with Crippen molar-refractivity contribution in [2.24, 2.45) is 0 Å². The number of carbonyl (C=O) groups excluding carboxylic acids is 1. The van der Waals surface area contributed by atoms with Gasteiger partial charge < -0.3 is 19.5 Å². The average molecular weight is 374 g/mol. The number of furan rings is 1. The van der Waals surface area contributed by atoms with E-state index in [2.05, 4.69) is 22.4 Å². The number of rotatable bonds is 7. The standard InChI is InChI=1S/C23H22N2O3/c1-27-21-11-5-10-20-23(21)19(15-24-20)18(16-7-3-2-4-8-16)13-22(26)25-14-17-9-6-12-28-17/h2-12,15,18,24H,13-14H2,1H3,(H,25,26)/t18-/m1/s1. The molecule has 2 aromatic carbocycles.